The summed E-state index contributed by atoms with van der Waals surface area (Å²) in [7, 11) is -3.53. The molecule has 0 amide bonds. The van der Waals surface area contributed by atoms with E-state index < -0.39 is 16.4 Å². The molecule has 0 aliphatic heterocycles. The third kappa shape index (κ3) is 5.14. The Kier molecular flexibility index (Phi) is 6.90. The lowest BCUT2D eigenvalue weighted by molar-refractivity contribution is -0.432. The molecule has 12 heteroatoms. The first kappa shape index (κ1) is 20.1. The number of azo groups is 1. The molecule has 0 radical (unpaired) electrons. The van der Waals surface area contributed by atoms with Gasteiger partial charge in [0.15, 0.2) is 9.84 Å². The van der Waals surface area contributed by atoms with Crippen molar-refractivity contribution < 1.29 is 28.2 Å². The van der Waals surface area contributed by atoms with E-state index in [4.69, 9.17) is 21.8 Å². The van der Waals surface area contributed by atoms with Crippen molar-refractivity contribution in [1.29, 1.82) is 0 Å². The molecule has 0 saturated heterocycles. The Balaban J connectivity index is 2.21. The summed E-state index contributed by atoms with van der Waals surface area (Å²) in [5.41, 5.74) is 12.8. The second kappa shape index (κ2) is 8.93. The minimum atomic E-state index is -3.53. The van der Waals surface area contributed by atoms with Gasteiger partial charge in [0.2, 0.25) is 0 Å². The molecule has 0 aromatic heterocycles. The van der Waals surface area contributed by atoms with Crippen LogP contribution in [0.3, 0.4) is 0 Å². The van der Waals surface area contributed by atoms with Gasteiger partial charge in [-0.1, -0.05) is 5.04 Å². The third-order valence-electron chi connectivity index (χ3n) is 3.14. The molecule has 2 aromatic carbocycles. The number of hydrogen-bond acceptors (Lipinski definition) is 11. The van der Waals surface area contributed by atoms with Crippen LogP contribution < -0.4 is 11.5 Å². The van der Waals surface area contributed by atoms with Crippen molar-refractivity contribution in [3.05, 3.63) is 36.4 Å². The van der Waals surface area contributed by atoms with Gasteiger partial charge in [0.1, 0.15) is 5.69 Å². The minimum absolute atomic E-state index is 0.0809. The Morgan fingerprint density at radius 3 is 2.38 bits per heavy atom. The Bertz CT molecular complexity index is 887. The quantitative estimate of drug-likeness (QED) is 0.171. The van der Waals surface area contributed by atoms with E-state index in [9.17, 15) is 8.42 Å². The van der Waals surface area contributed by atoms with Crippen molar-refractivity contribution in [1.82, 2.24) is 0 Å². The lowest BCUT2D eigenvalue weighted by Gasteiger charge is -2.06. The summed E-state index contributed by atoms with van der Waals surface area (Å²) in [5, 5.41) is 28.5. The van der Waals surface area contributed by atoms with Crippen LogP contribution in [-0.4, -0.2) is 31.1 Å². The SMILES string of the molecule is Nc1cc(N)c(SOOO)cc1N=Nc1ccc(S(=O)(=O)CCO)cc1. The molecule has 0 saturated carbocycles. The summed E-state index contributed by atoms with van der Waals surface area (Å²) in [6, 6.07) is 8.62. The largest absolute Gasteiger partial charge is 0.398 e. The summed E-state index contributed by atoms with van der Waals surface area (Å²) < 4.78 is 28.0. The van der Waals surface area contributed by atoms with Gasteiger partial charge in [-0.3, -0.25) is 0 Å². The van der Waals surface area contributed by atoms with E-state index >= 15 is 0 Å². The molecule has 0 aliphatic rings. The Morgan fingerprint density at radius 2 is 1.77 bits per heavy atom. The van der Waals surface area contributed by atoms with E-state index in [1.807, 2.05) is 0 Å². The second-order valence-electron chi connectivity index (χ2n) is 4.91. The first-order valence-corrected chi connectivity index (χ1v) is 9.46. The molecule has 0 fully saturated rings. The molecule has 10 nitrogen and oxygen atoms in total. The maximum absolute atomic E-state index is 11.8. The van der Waals surface area contributed by atoms with Crippen LogP contribution in [0.5, 0.6) is 0 Å². The molecular weight excluding hydrogens is 384 g/mol. The van der Waals surface area contributed by atoms with Crippen LogP contribution in [0.2, 0.25) is 0 Å². The normalized spacial score (nSPS) is 11.9. The van der Waals surface area contributed by atoms with Crippen molar-refractivity contribution in [2.24, 2.45) is 10.2 Å². The zero-order valence-corrected chi connectivity index (χ0v) is 14.9. The van der Waals surface area contributed by atoms with Crippen LogP contribution in [0.25, 0.3) is 0 Å². The highest BCUT2D eigenvalue weighted by Crippen LogP contribution is 2.35. The number of aliphatic hydroxyl groups is 1. The number of hydrogen-bond donors (Lipinski definition) is 4. The lowest BCUT2D eigenvalue weighted by atomic mass is 10.2. The van der Waals surface area contributed by atoms with Crippen LogP contribution in [-0.2, 0) is 19.2 Å². The fourth-order valence-corrected chi connectivity index (χ4v) is 3.33. The molecule has 6 N–H and O–H groups in total. The Morgan fingerprint density at radius 1 is 1.08 bits per heavy atom. The standard InChI is InChI=1S/C14H16N4O6S2/c15-11-7-12(16)14(25-24-23-20)8-13(11)18-17-9-1-3-10(4-2-9)26(21,22)6-5-19/h1-4,7-8,19-20H,5-6,15-16H2. The fraction of sp³-hybridized carbons (Fsp3) is 0.143. The summed E-state index contributed by atoms with van der Waals surface area (Å²) in [6.07, 6.45) is 0. The van der Waals surface area contributed by atoms with E-state index in [1.165, 1.54) is 36.4 Å². The molecule has 0 unspecified atom stereocenters. The van der Waals surface area contributed by atoms with Crippen LogP contribution in [0.4, 0.5) is 22.7 Å². The molecule has 0 spiro atoms. The molecule has 0 atom stereocenters. The van der Waals surface area contributed by atoms with Crippen molar-refractivity contribution >= 4 is 44.6 Å². The van der Waals surface area contributed by atoms with Gasteiger partial charge in [-0.25, -0.2) is 13.7 Å². The zero-order chi connectivity index (χ0) is 19.2. The van der Waals surface area contributed by atoms with Gasteiger partial charge in [-0.05, 0) is 36.4 Å². The van der Waals surface area contributed by atoms with Gasteiger partial charge >= 0.3 is 0 Å². The second-order valence-corrected chi connectivity index (χ2v) is 7.76. The zero-order valence-electron chi connectivity index (χ0n) is 13.3. The number of sulfone groups is 1. The van der Waals surface area contributed by atoms with Gasteiger partial charge in [-0.15, -0.1) is 9.45 Å². The van der Waals surface area contributed by atoms with E-state index in [1.54, 1.807) is 0 Å². The number of rotatable bonds is 8. The highest BCUT2D eigenvalue weighted by molar-refractivity contribution is 7.94. The predicted octanol–water partition coefficient (Wildman–Crippen LogP) is 2.46. The highest BCUT2D eigenvalue weighted by atomic mass is 32.2. The Hall–Kier alpha value is -2.22. The van der Waals surface area contributed by atoms with E-state index in [-0.39, 0.29) is 16.3 Å². The van der Waals surface area contributed by atoms with Gasteiger partial charge in [0.25, 0.3) is 0 Å². The summed E-state index contributed by atoms with van der Waals surface area (Å²) >= 11 is 0.659. The maximum atomic E-state index is 11.8. The Labute approximate surface area is 153 Å². The number of nitrogens with two attached hydrogens (primary N) is 2. The summed E-state index contributed by atoms with van der Waals surface area (Å²) in [4.78, 5) is 0.477. The topological polar surface area (TPSA) is 170 Å². The smallest absolute Gasteiger partial charge is 0.180 e. The molecule has 2 aromatic rings. The van der Waals surface area contributed by atoms with Gasteiger partial charge in [-0.2, -0.15) is 5.11 Å². The minimum Gasteiger partial charge on any atom is -0.398 e. The molecule has 26 heavy (non-hydrogen) atoms. The van der Waals surface area contributed by atoms with Gasteiger partial charge < -0.3 is 16.6 Å². The van der Waals surface area contributed by atoms with Gasteiger partial charge in [0.05, 0.1) is 45.6 Å². The number of nitrogens with zero attached hydrogens (tertiary/aromatic N) is 2. The number of anilines is 2. The monoisotopic (exact) mass is 400 g/mol. The highest BCUT2D eigenvalue weighted by Gasteiger charge is 2.13. The van der Waals surface area contributed by atoms with Crippen molar-refractivity contribution in [3.8, 4) is 0 Å². The average molecular weight is 400 g/mol. The van der Waals surface area contributed by atoms with Crippen molar-refractivity contribution in [3.63, 3.8) is 0 Å². The van der Waals surface area contributed by atoms with E-state index in [2.05, 4.69) is 19.6 Å². The molecular formula is C14H16N4O6S2. The van der Waals surface area contributed by atoms with Crippen molar-refractivity contribution in [2.45, 2.75) is 9.79 Å². The van der Waals surface area contributed by atoms with Crippen LogP contribution in [0.1, 0.15) is 0 Å². The third-order valence-corrected chi connectivity index (χ3v) is 5.51. The summed E-state index contributed by atoms with van der Waals surface area (Å²) in [5.74, 6) is -0.351. The molecule has 0 aliphatic carbocycles. The molecule has 0 bridgehead atoms. The fourth-order valence-electron chi connectivity index (χ4n) is 1.88. The number of benzene rings is 2. The average Bonchev–Trinajstić information content (AvgIpc) is 2.60. The van der Waals surface area contributed by atoms with Crippen LogP contribution >= 0.6 is 12.0 Å². The van der Waals surface area contributed by atoms with Gasteiger partial charge in [0, 0.05) is 5.69 Å². The van der Waals surface area contributed by atoms with Crippen molar-refractivity contribution in [2.75, 3.05) is 23.8 Å². The molecule has 0 heterocycles. The summed E-state index contributed by atoms with van der Waals surface area (Å²) in [6.45, 7) is -0.453. The first-order valence-electron chi connectivity index (χ1n) is 7.06. The lowest BCUT2D eigenvalue weighted by Crippen LogP contribution is -2.09. The van der Waals surface area contributed by atoms with Crippen LogP contribution in [0.15, 0.2) is 56.4 Å². The van der Waals surface area contributed by atoms with E-state index in [0.29, 0.717) is 34.0 Å². The molecule has 140 valence electrons. The molecule has 2 rings (SSSR count). The first-order chi connectivity index (χ1) is 12.4. The predicted molar refractivity (Wildman–Crippen MR) is 95.7 cm³/mol. The van der Waals surface area contributed by atoms with E-state index in [0.717, 1.165) is 0 Å². The number of aliphatic hydroxyl groups excluding tert-OH is 1. The number of nitrogen functional groups attached to an aromatic ring is 2. The van der Waals surface area contributed by atoms with Crippen LogP contribution in [0, 0.1) is 0 Å². The maximum Gasteiger partial charge on any atom is 0.180 e.